The summed E-state index contributed by atoms with van der Waals surface area (Å²) >= 11 is 1.37. The number of aromatic nitrogens is 2. The van der Waals surface area contributed by atoms with Crippen molar-refractivity contribution in [1.29, 1.82) is 0 Å². The average Bonchev–Trinajstić information content (AvgIpc) is 3.29. The summed E-state index contributed by atoms with van der Waals surface area (Å²) in [7, 11) is 0. The van der Waals surface area contributed by atoms with E-state index in [1.165, 1.54) is 16.9 Å². The smallest absolute Gasteiger partial charge is 0.322 e. The normalized spacial score (nSPS) is 13.1. The number of amides is 3. The molecule has 1 aliphatic rings. The van der Waals surface area contributed by atoms with E-state index >= 15 is 0 Å². The minimum atomic E-state index is -0.364. The molecule has 3 heterocycles. The number of carbonyl (C=O) groups excluding carboxylic acids is 2. The Kier molecular flexibility index (Phi) is 5.06. The van der Waals surface area contributed by atoms with Crippen LogP contribution in [0.5, 0.6) is 0 Å². The van der Waals surface area contributed by atoms with Gasteiger partial charge in [-0.15, -0.1) is 0 Å². The van der Waals surface area contributed by atoms with Crippen molar-refractivity contribution in [3.63, 3.8) is 0 Å². The first-order valence-corrected chi connectivity index (χ1v) is 10.1. The van der Waals surface area contributed by atoms with Crippen LogP contribution in [-0.2, 0) is 13.0 Å². The minimum absolute atomic E-state index is 0.143. The molecule has 0 radical (unpaired) electrons. The van der Waals surface area contributed by atoms with Crippen LogP contribution in [0.2, 0.25) is 0 Å². The fraction of sp³-hybridized carbons (Fsp3) is 0.300. The van der Waals surface area contributed by atoms with E-state index in [4.69, 9.17) is 4.52 Å². The number of urea groups is 1. The molecule has 1 aliphatic heterocycles. The lowest BCUT2D eigenvalue weighted by atomic mass is 10.1. The van der Waals surface area contributed by atoms with Gasteiger partial charge >= 0.3 is 6.03 Å². The Morgan fingerprint density at radius 1 is 1.14 bits per heavy atom. The van der Waals surface area contributed by atoms with E-state index in [9.17, 15) is 9.59 Å². The average molecular weight is 411 g/mol. The monoisotopic (exact) mass is 411 g/mol. The summed E-state index contributed by atoms with van der Waals surface area (Å²) in [4.78, 5) is 32.1. The first-order chi connectivity index (χ1) is 13.9. The zero-order valence-electron chi connectivity index (χ0n) is 16.4. The molecule has 0 aliphatic carbocycles. The third kappa shape index (κ3) is 4.14. The summed E-state index contributed by atoms with van der Waals surface area (Å²) < 4.78 is 4.93. The molecular formula is C20H21N5O3S. The second kappa shape index (κ2) is 7.67. The fourth-order valence-corrected chi connectivity index (χ4v) is 4.10. The Morgan fingerprint density at radius 3 is 2.69 bits per heavy atom. The van der Waals surface area contributed by atoms with Gasteiger partial charge in [-0.25, -0.2) is 9.78 Å². The fourth-order valence-electron chi connectivity index (χ4n) is 3.08. The summed E-state index contributed by atoms with van der Waals surface area (Å²) in [5.74, 6) is 0.205. The van der Waals surface area contributed by atoms with E-state index in [2.05, 4.69) is 20.8 Å². The second-order valence-electron chi connectivity index (χ2n) is 7.07. The number of carbonyl (C=O) groups is 2. The van der Waals surface area contributed by atoms with E-state index in [0.717, 1.165) is 21.8 Å². The Morgan fingerprint density at radius 2 is 1.97 bits per heavy atom. The third-order valence-corrected chi connectivity index (χ3v) is 5.86. The van der Waals surface area contributed by atoms with Crippen LogP contribution in [0.3, 0.4) is 0 Å². The lowest BCUT2D eigenvalue weighted by Crippen LogP contribution is -2.38. The lowest BCUT2D eigenvalue weighted by Gasteiger charge is -2.26. The number of nitrogens with zero attached hydrogens (tertiary/aromatic N) is 3. The minimum Gasteiger partial charge on any atom is -0.361 e. The van der Waals surface area contributed by atoms with Crippen molar-refractivity contribution in [3.05, 3.63) is 57.4 Å². The molecule has 0 unspecified atom stereocenters. The first-order valence-electron chi connectivity index (χ1n) is 9.25. The van der Waals surface area contributed by atoms with Crippen LogP contribution in [0.1, 0.15) is 37.9 Å². The molecule has 8 nitrogen and oxygen atoms in total. The highest BCUT2D eigenvalue weighted by atomic mass is 32.1. The maximum absolute atomic E-state index is 12.7. The number of nitrogens with one attached hydrogen (secondary N) is 2. The molecule has 0 bridgehead atoms. The summed E-state index contributed by atoms with van der Waals surface area (Å²) in [5.41, 5.74) is 4.23. The Bertz CT molecular complexity index is 1090. The topological polar surface area (TPSA) is 100 Å². The van der Waals surface area contributed by atoms with E-state index in [0.29, 0.717) is 30.4 Å². The molecular weight excluding hydrogens is 390 g/mol. The highest BCUT2D eigenvalue weighted by Crippen LogP contribution is 2.29. The SMILES string of the molecule is Cc1cc(C(=O)Nc2nc3c(s2)CN(C(=O)Nc2ccc(C)c(C)c2)CC3)no1. The zero-order chi connectivity index (χ0) is 20.5. The molecule has 0 fully saturated rings. The van der Waals surface area contributed by atoms with Gasteiger partial charge in [0.15, 0.2) is 10.8 Å². The molecule has 3 aromatic rings. The summed E-state index contributed by atoms with van der Waals surface area (Å²) in [6.07, 6.45) is 0.644. The molecule has 3 amide bonds. The predicted octanol–water partition coefficient (Wildman–Crippen LogP) is 3.90. The lowest BCUT2D eigenvalue weighted by molar-refractivity contribution is 0.101. The van der Waals surface area contributed by atoms with E-state index in [1.807, 2.05) is 32.0 Å². The highest BCUT2D eigenvalue weighted by molar-refractivity contribution is 7.15. The molecule has 0 atom stereocenters. The third-order valence-electron chi connectivity index (χ3n) is 4.86. The van der Waals surface area contributed by atoms with Crippen molar-refractivity contribution in [2.75, 3.05) is 17.2 Å². The summed E-state index contributed by atoms with van der Waals surface area (Å²) in [6, 6.07) is 7.29. The number of anilines is 2. The predicted molar refractivity (Wildman–Crippen MR) is 110 cm³/mol. The van der Waals surface area contributed by atoms with Crippen molar-refractivity contribution in [3.8, 4) is 0 Å². The molecule has 0 spiro atoms. The Balaban J connectivity index is 1.41. The number of benzene rings is 1. The van der Waals surface area contributed by atoms with Crippen molar-refractivity contribution in [2.45, 2.75) is 33.7 Å². The van der Waals surface area contributed by atoms with Crippen LogP contribution in [0, 0.1) is 20.8 Å². The van der Waals surface area contributed by atoms with E-state index in [-0.39, 0.29) is 17.6 Å². The van der Waals surface area contributed by atoms with Gasteiger partial charge in [-0.1, -0.05) is 22.6 Å². The number of hydrogen-bond donors (Lipinski definition) is 2. The molecule has 0 saturated carbocycles. The maximum atomic E-state index is 12.7. The molecule has 2 N–H and O–H groups in total. The van der Waals surface area contributed by atoms with Gasteiger partial charge in [0.2, 0.25) is 0 Å². The standard InChI is InChI=1S/C20H21N5O3S/c1-11-4-5-14(8-12(11)2)21-20(27)25-7-6-15-17(10-25)29-19(22-15)23-18(26)16-9-13(3)28-24-16/h4-5,8-9H,6-7,10H2,1-3H3,(H,21,27)(H,22,23,26). The van der Waals surface area contributed by atoms with Gasteiger partial charge in [0.05, 0.1) is 12.2 Å². The molecule has 0 saturated heterocycles. The maximum Gasteiger partial charge on any atom is 0.322 e. The van der Waals surface area contributed by atoms with Crippen molar-refractivity contribution < 1.29 is 14.1 Å². The number of fused-ring (bicyclic) bond motifs is 1. The summed E-state index contributed by atoms with van der Waals surface area (Å²) in [5, 5.41) is 9.91. The van der Waals surface area contributed by atoms with E-state index < -0.39 is 0 Å². The van der Waals surface area contributed by atoms with Crippen LogP contribution in [-0.4, -0.2) is 33.5 Å². The highest BCUT2D eigenvalue weighted by Gasteiger charge is 2.25. The van der Waals surface area contributed by atoms with Crippen LogP contribution in [0.15, 0.2) is 28.8 Å². The second-order valence-corrected chi connectivity index (χ2v) is 8.15. The number of thiazole rings is 1. The molecule has 29 heavy (non-hydrogen) atoms. The molecule has 2 aromatic heterocycles. The van der Waals surface area contributed by atoms with Gasteiger partial charge < -0.3 is 14.7 Å². The van der Waals surface area contributed by atoms with Crippen LogP contribution in [0.25, 0.3) is 0 Å². The summed E-state index contributed by atoms with van der Waals surface area (Å²) in [6.45, 7) is 6.82. The molecule has 9 heteroatoms. The van der Waals surface area contributed by atoms with Crippen molar-refractivity contribution in [2.24, 2.45) is 0 Å². The van der Waals surface area contributed by atoms with E-state index in [1.54, 1.807) is 17.9 Å². The van der Waals surface area contributed by atoms with Gasteiger partial charge in [0.1, 0.15) is 5.76 Å². The quantitative estimate of drug-likeness (QED) is 0.681. The number of rotatable bonds is 3. The first kappa shape index (κ1) is 19.1. The van der Waals surface area contributed by atoms with Crippen LogP contribution >= 0.6 is 11.3 Å². The number of hydrogen-bond acceptors (Lipinski definition) is 6. The van der Waals surface area contributed by atoms with Crippen LogP contribution < -0.4 is 10.6 Å². The van der Waals surface area contributed by atoms with Gasteiger partial charge in [-0.05, 0) is 44.0 Å². The molecule has 1 aromatic carbocycles. The van der Waals surface area contributed by atoms with Crippen molar-refractivity contribution >= 4 is 34.1 Å². The van der Waals surface area contributed by atoms with Gasteiger partial charge in [0.25, 0.3) is 5.91 Å². The Hall–Kier alpha value is -3.20. The van der Waals surface area contributed by atoms with Gasteiger partial charge in [0, 0.05) is 29.6 Å². The van der Waals surface area contributed by atoms with Crippen molar-refractivity contribution in [1.82, 2.24) is 15.0 Å². The van der Waals surface area contributed by atoms with Gasteiger partial charge in [-0.2, -0.15) is 0 Å². The molecule has 150 valence electrons. The number of aryl methyl sites for hydroxylation is 3. The Labute approximate surface area is 171 Å². The van der Waals surface area contributed by atoms with Gasteiger partial charge in [-0.3, -0.25) is 10.1 Å². The zero-order valence-corrected chi connectivity index (χ0v) is 17.2. The largest absolute Gasteiger partial charge is 0.361 e. The van der Waals surface area contributed by atoms with Crippen LogP contribution in [0.4, 0.5) is 15.6 Å². The molecule has 4 rings (SSSR count).